The monoisotopic (exact) mass is 578 g/mol. The molecule has 11 heteroatoms. The summed E-state index contributed by atoms with van der Waals surface area (Å²) in [5.41, 5.74) is 3.63. The van der Waals surface area contributed by atoms with Gasteiger partial charge in [0.1, 0.15) is 24.2 Å². The maximum absolute atomic E-state index is 14.4. The Morgan fingerprint density at radius 1 is 1.45 bits per heavy atom. The van der Waals surface area contributed by atoms with E-state index in [1.165, 1.54) is 6.07 Å². The number of aryl methyl sites for hydroxylation is 1. The molecule has 1 aromatic carbocycles. The van der Waals surface area contributed by atoms with Crippen LogP contribution in [0.1, 0.15) is 10.5 Å². The first-order chi connectivity index (χ1) is 13.8. The number of anilines is 2. The lowest BCUT2D eigenvalue weighted by Crippen LogP contribution is -2.31. The number of hydrogen-bond acceptors (Lipinski definition) is 6. The maximum Gasteiger partial charge on any atom is 0.293 e. The van der Waals surface area contributed by atoms with E-state index in [9.17, 15) is 14.3 Å². The van der Waals surface area contributed by atoms with Crippen molar-refractivity contribution in [3.8, 4) is 0 Å². The van der Waals surface area contributed by atoms with Gasteiger partial charge in [0, 0.05) is 28.4 Å². The standard InChI is InChI=1S/C18H17BrFIN4O4/c1-25-16-11(5-22-6-12(16)19)15(23-14-3-2-9(21)4-13(14)20)17(25)18(28)24-29-8-10(27)7-26/h2-6,10,23,26-27H,7-8H2,1H3,(H,24,28)/t10-/m1/s1. The van der Waals surface area contributed by atoms with Crippen LogP contribution < -0.4 is 10.8 Å². The number of halogens is 3. The summed E-state index contributed by atoms with van der Waals surface area (Å²) in [6.45, 7) is -0.784. The van der Waals surface area contributed by atoms with Crippen LogP contribution in [0.2, 0.25) is 0 Å². The molecule has 0 aliphatic rings. The van der Waals surface area contributed by atoms with Crippen molar-refractivity contribution in [3.05, 3.63) is 50.1 Å². The summed E-state index contributed by atoms with van der Waals surface area (Å²) in [5, 5.41) is 21.8. The number of amides is 1. The quantitative estimate of drug-likeness (QED) is 0.254. The van der Waals surface area contributed by atoms with Crippen LogP contribution >= 0.6 is 38.5 Å². The Morgan fingerprint density at radius 2 is 2.21 bits per heavy atom. The largest absolute Gasteiger partial charge is 0.394 e. The van der Waals surface area contributed by atoms with Gasteiger partial charge >= 0.3 is 0 Å². The van der Waals surface area contributed by atoms with E-state index in [1.54, 1.807) is 36.1 Å². The van der Waals surface area contributed by atoms with Gasteiger partial charge in [-0.2, -0.15) is 0 Å². The number of pyridine rings is 1. The molecule has 0 saturated heterocycles. The zero-order chi connectivity index (χ0) is 21.1. The fourth-order valence-electron chi connectivity index (χ4n) is 2.78. The summed E-state index contributed by atoms with van der Waals surface area (Å²) in [7, 11) is 1.68. The van der Waals surface area contributed by atoms with Crippen LogP contribution in [0.4, 0.5) is 15.8 Å². The number of nitrogens with one attached hydrogen (secondary N) is 2. The second kappa shape index (κ2) is 9.34. The van der Waals surface area contributed by atoms with Gasteiger partial charge < -0.3 is 20.1 Å². The number of rotatable bonds is 7. The summed E-state index contributed by atoms with van der Waals surface area (Å²) in [5.74, 6) is -1.08. The minimum Gasteiger partial charge on any atom is -0.394 e. The molecular formula is C18H17BrFIN4O4. The molecule has 3 rings (SSSR count). The lowest BCUT2D eigenvalue weighted by Gasteiger charge is -2.12. The third kappa shape index (κ3) is 4.69. The van der Waals surface area contributed by atoms with Gasteiger partial charge in [0.05, 0.1) is 28.0 Å². The summed E-state index contributed by atoms with van der Waals surface area (Å²) in [4.78, 5) is 21.9. The molecule has 0 aliphatic heterocycles. The first-order valence-corrected chi connectivity index (χ1v) is 10.3. The average molecular weight is 579 g/mol. The van der Waals surface area contributed by atoms with Crippen LogP contribution in [0.5, 0.6) is 0 Å². The number of aliphatic hydroxyl groups excluding tert-OH is 2. The zero-order valence-corrected chi connectivity index (χ0v) is 18.9. The summed E-state index contributed by atoms with van der Waals surface area (Å²) in [6.07, 6.45) is 2.03. The molecule has 1 amide bonds. The SMILES string of the molecule is Cn1c(C(=O)NOC[C@H](O)CO)c(Nc2ccc(I)cc2F)c2cncc(Br)c21. The Balaban J connectivity index is 2.03. The lowest BCUT2D eigenvalue weighted by molar-refractivity contribution is -0.0297. The maximum atomic E-state index is 14.4. The van der Waals surface area contributed by atoms with Gasteiger partial charge in [-0.15, -0.1) is 0 Å². The lowest BCUT2D eigenvalue weighted by atomic mass is 10.2. The number of fused-ring (bicyclic) bond motifs is 1. The Bertz CT molecular complexity index is 1060. The van der Waals surface area contributed by atoms with Crippen molar-refractivity contribution < 1.29 is 24.2 Å². The molecule has 4 N–H and O–H groups in total. The molecule has 8 nitrogen and oxygen atoms in total. The second-order valence-electron chi connectivity index (χ2n) is 6.13. The Hall–Kier alpha value is -1.80. The molecule has 154 valence electrons. The van der Waals surface area contributed by atoms with Gasteiger partial charge in [-0.05, 0) is 56.7 Å². The number of nitrogens with zero attached hydrogens (tertiary/aromatic N) is 2. The smallest absolute Gasteiger partial charge is 0.293 e. The van der Waals surface area contributed by atoms with Crippen molar-refractivity contribution in [2.24, 2.45) is 7.05 Å². The van der Waals surface area contributed by atoms with E-state index in [0.717, 1.165) is 3.57 Å². The fraction of sp³-hybridized carbons (Fsp3) is 0.222. The topological polar surface area (TPSA) is 109 Å². The average Bonchev–Trinajstić information content (AvgIpc) is 2.96. The molecule has 29 heavy (non-hydrogen) atoms. The molecule has 0 spiro atoms. The van der Waals surface area contributed by atoms with E-state index >= 15 is 0 Å². The van der Waals surface area contributed by atoms with Gasteiger partial charge in [0.2, 0.25) is 0 Å². The van der Waals surface area contributed by atoms with E-state index in [2.05, 4.69) is 31.7 Å². The van der Waals surface area contributed by atoms with Crippen LogP contribution in [0.25, 0.3) is 10.9 Å². The molecule has 0 fully saturated rings. The molecule has 1 atom stereocenters. The summed E-state index contributed by atoms with van der Waals surface area (Å²) in [6, 6.07) is 4.70. The van der Waals surface area contributed by atoms with Crippen molar-refractivity contribution in [2.75, 3.05) is 18.5 Å². The summed E-state index contributed by atoms with van der Waals surface area (Å²) >= 11 is 5.43. The highest BCUT2D eigenvalue weighted by molar-refractivity contribution is 14.1. The second-order valence-corrected chi connectivity index (χ2v) is 8.23. The van der Waals surface area contributed by atoms with Crippen molar-refractivity contribution in [2.45, 2.75) is 6.10 Å². The molecule has 0 unspecified atom stereocenters. The van der Waals surface area contributed by atoms with Gasteiger partial charge in [0.25, 0.3) is 5.91 Å². The predicted octanol–water partition coefficient (Wildman–Crippen LogP) is 2.84. The van der Waals surface area contributed by atoms with Gasteiger partial charge in [-0.1, -0.05) is 0 Å². The highest BCUT2D eigenvalue weighted by Crippen LogP contribution is 2.36. The van der Waals surface area contributed by atoms with Gasteiger partial charge in [-0.3, -0.25) is 14.6 Å². The third-order valence-corrected chi connectivity index (χ3v) is 5.36. The van der Waals surface area contributed by atoms with Crippen molar-refractivity contribution in [1.82, 2.24) is 15.0 Å². The first kappa shape index (κ1) is 21.9. The van der Waals surface area contributed by atoms with Crippen LogP contribution in [-0.4, -0.2) is 45.0 Å². The van der Waals surface area contributed by atoms with Crippen molar-refractivity contribution in [3.63, 3.8) is 0 Å². The number of benzene rings is 1. The van der Waals surface area contributed by atoms with E-state index < -0.39 is 24.4 Å². The molecule has 2 heterocycles. The predicted molar refractivity (Wildman–Crippen MR) is 117 cm³/mol. The molecule has 0 saturated carbocycles. The Kier molecular flexibility index (Phi) is 7.05. The minimum atomic E-state index is -1.13. The number of carbonyl (C=O) groups is 1. The molecule has 0 bridgehead atoms. The highest BCUT2D eigenvalue weighted by Gasteiger charge is 2.24. The molecule has 3 aromatic rings. The fourth-order valence-corrected chi connectivity index (χ4v) is 3.83. The van der Waals surface area contributed by atoms with E-state index in [4.69, 9.17) is 9.94 Å². The van der Waals surface area contributed by atoms with Crippen LogP contribution in [0, 0.1) is 9.39 Å². The van der Waals surface area contributed by atoms with E-state index in [0.29, 0.717) is 21.1 Å². The van der Waals surface area contributed by atoms with E-state index in [-0.39, 0.29) is 18.0 Å². The number of hydroxylamine groups is 1. The van der Waals surface area contributed by atoms with E-state index in [1.807, 2.05) is 22.6 Å². The first-order valence-electron chi connectivity index (χ1n) is 8.38. The van der Waals surface area contributed by atoms with Crippen LogP contribution in [-0.2, 0) is 11.9 Å². The number of hydrogen-bond donors (Lipinski definition) is 4. The molecule has 2 aromatic heterocycles. The molecular weight excluding hydrogens is 562 g/mol. The van der Waals surface area contributed by atoms with Crippen molar-refractivity contribution in [1.29, 1.82) is 0 Å². The van der Waals surface area contributed by atoms with Crippen LogP contribution in [0.3, 0.4) is 0 Å². The number of carbonyl (C=O) groups excluding carboxylic acids is 1. The van der Waals surface area contributed by atoms with Gasteiger partial charge in [-0.25, -0.2) is 9.87 Å². The Labute approximate surface area is 187 Å². The molecule has 0 radical (unpaired) electrons. The zero-order valence-electron chi connectivity index (χ0n) is 15.1. The highest BCUT2D eigenvalue weighted by atomic mass is 127. The number of aromatic nitrogens is 2. The number of aliphatic hydroxyl groups is 2. The third-order valence-electron chi connectivity index (χ3n) is 4.11. The van der Waals surface area contributed by atoms with Crippen molar-refractivity contribution >= 4 is 66.7 Å². The minimum absolute atomic E-state index is 0.171. The molecule has 0 aliphatic carbocycles. The van der Waals surface area contributed by atoms with Crippen LogP contribution in [0.15, 0.2) is 35.1 Å². The summed E-state index contributed by atoms with van der Waals surface area (Å²) < 4.78 is 17.4. The Morgan fingerprint density at radius 3 is 2.90 bits per heavy atom. The normalized spacial score (nSPS) is 12.2. The van der Waals surface area contributed by atoms with Gasteiger partial charge in [0.15, 0.2) is 0 Å².